The fraction of sp³-hybridized carbons (Fsp3) is 0.276. The average molecular weight is 492 g/mol. The zero-order chi connectivity index (χ0) is 25.2. The van der Waals surface area contributed by atoms with Crippen molar-refractivity contribution in [1.29, 1.82) is 0 Å². The van der Waals surface area contributed by atoms with Crippen molar-refractivity contribution >= 4 is 17.7 Å². The minimum absolute atomic E-state index is 0.0440. The summed E-state index contributed by atoms with van der Waals surface area (Å²) < 4.78 is 4.00. The van der Waals surface area contributed by atoms with E-state index < -0.39 is 0 Å². The summed E-state index contributed by atoms with van der Waals surface area (Å²) in [6.07, 6.45) is 20.5. The number of rotatable bonds is 5. The van der Waals surface area contributed by atoms with Crippen molar-refractivity contribution in [2.45, 2.75) is 45.3 Å². The summed E-state index contributed by atoms with van der Waals surface area (Å²) in [5.41, 5.74) is 4.90. The van der Waals surface area contributed by atoms with Crippen LogP contribution in [-0.4, -0.2) is 53.4 Å². The summed E-state index contributed by atoms with van der Waals surface area (Å²) >= 11 is 0. The Kier molecular flexibility index (Phi) is 6.22. The van der Waals surface area contributed by atoms with Crippen LogP contribution in [0.1, 0.15) is 48.2 Å². The summed E-state index contributed by atoms with van der Waals surface area (Å²) in [5, 5.41) is 4.78. The molecule has 0 saturated carbocycles. The van der Waals surface area contributed by atoms with Gasteiger partial charge in [0.1, 0.15) is 17.2 Å². The van der Waals surface area contributed by atoms with Gasteiger partial charge in [0.05, 0.1) is 24.0 Å². The molecule has 186 valence electrons. The molecule has 1 saturated heterocycles. The van der Waals surface area contributed by atoms with E-state index in [2.05, 4.69) is 33.6 Å². The van der Waals surface area contributed by atoms with Gasteiger partial charge in [-0.1, -0.05) is 35.9 Å². The van der Waals surface area contributed by atoms with Crippen LogP contribution in [0.2, 0.25) is 0 Å². The predicted molar refractivity (Wildman–Crippen MR) is 144 cm³/mol. The van der Waals surface area contributed by atoms with Crippen LogP contribution in [-0.2, 0) is 13.1 Å². The molecular formula is C29H29N7O. The highest BCUT2D eigenvalue weighted by Crippen LogP contribution is 2.29. The van der Waals surface area contributed by atoms with Gasteiger partial charge in [0, 0.05) is 31.7 Å². The van der Waals surface area contributed by atoms with E-state index in [1.807, 2.05) is 70.5 Å². The molecule has 3 aliphatic rings. The maximum atomic E-state index is 14.0. The highest BCUT2D eigenvalue weighted by Gasteiger charge is 2.34. The average Bonchev–Trinajstić information content (AvgIpc) is 3.57. The van der Waals surface area contributed by atoms with E-state index in [1.165, 1.54) is 5.57 Å². The number of likely N-dealkylation sites (tertiary alicyclic amines) is 1. The van der Waals surface area contributed by atoms with Crippen molar-refractivity contribution in [3.05, 3.63) is 96.0 Å². The molecule has 0 unspecified atom stereocenters. The van der Waals surface area contributed by atoms with E-state index >= 15 is 0 Å². The van der Waals surface area contributed by atoms with Crippen LogP contribution in [0.25, 0.3) is 17.5 Å². The minimum atomic E-state index is -0.0508. The number of carbonyl (C=O) groups excluding carboxylic acids is 1. The smallest absolute Gasteiger partial charge is 0.275 e. The number of nitrogens with zero attached hydrogens (tertiary/aromatic N) is 7. The molecule has 3 aliphatic heterocycles. The topological polar surface area (TPSA) is 81.2 Å². The number of hydrogen-bond donors (Lipinski definition) is 0. The van der Waals surface area contributed by atoms with Gasteiger partial charge in [-0.15, -0.1) is 0 Å². The van der Waals surface area contributed by atoms with Crippen LogP contribution >= 0.6 is 0 Å². The molecule has 3 aromatic heterocycles. The molecule has 0 N–H and O–H groups in total. The number of aromatic nitrogens is 5. The van der Waals surface area contributed by atoms with Crippen LogP contribution in [0.4, 0.5) is 0 Å². The molecule has 3 aromatic rings. The Balaban J connectivity index is 1.27. The highest BCUT2D eigenvalue weighted by atomic mass is 16.2. The second-order valence-electron chi connectivity index (χ2n) is 9.59. The maximum Gasteiger partial charge on any atom is 0.275 e. The molecule has 0 aromatic carbocycles. The van der Waals surface area contributed by atoms with Gasteiger partial charge in [-0.25, -0.2) is 4.98 Å². The number of hydrogen-bond acceptors (Lipinski definition) is 5. The zero-order valence-corrected chi connectivity index (χ0v) is 20.9. The van der Waals surface area contributed by atoms with Gasteiger partial charge in [-0.05, 0) is 56.5 Å². The molecule has 0 spiro atoms. The standard InChI is InChI=1S/C29H29N7O/c1-21-9-7-12-23(31-19-21)24-14-18-34(33-24)20-22-10-8-17-35(22)29(37)27-28(25-11-4-5-15-30-25)36-16-6-2-3-13-26(36)32-27/h2-7,11-15,18-19,22H,8-10,16-17,20H2,1H3/t22-/m0/s1. The van der Waals surface area contributed by atoms with E-state index in [4.69, 9.17) is 10.1 Å². The van der Waals surface area contributed by atoms with E-state index in [0.29, 0.717) is 25.3 Å². The Bertz CT molecular complexity index is 1470. The minimum Gasteiger partial charge on any atom is -0.332 e. The van der Waals surface area contributed by atoms with Gasteiger partial charge >= 0.3 is 0 Å². The van der Waals surface area contributed by atoms with E-state index in [-0.39, 0.29) is 11.9 Å². The first-order chi connectivity index (χ1) is 18.2. The van der Waals surface area contributed by atoms with Crippen molar-refractivity contribution in [1.82, 2.24) is 29.2 Å². The Morgan fingerprint density at radius 2 is 2.05 bits per heavy atom. The monoisotopic (exact) mass is 491 g/mol. The van der Waals surface area contributed by atoms with E-state index in [9.17, 15) is 4.79 Å². The quantitative estimate of drug-likeness (QED) is 0.519. The lowest BCUT2D eigenvalue weighted by Crippen LogP contribution is -2.38. The van der Waals surface area contributed by atoms with Crippen molar-refractivity contribution in [3.8, 4) is 11.4 Å². The van der Waals surface area contributed by atoms with Crippen molar-refractivity contribution < 1.29 is 4.79 Å². The lowest BCUT2D eigenvalue weighted by Gasteiger charge is -2.24. The normalized spacial score (nSPS) is 18.8. The number of aliphatic imine (C=N–C) groups is 1. The van der Waals surface area contributed by atoms with Crippen LogP contribution < -0.4 is 0 Å². The predicted octanol–water partition coefficient (Wildman–Crippen LogP) is 4.68. The summed E-state index contributed by atoms with van der Waals surface area (Å²) in [6, 6.07) is 7.80. The molecule has 6 heterocycles. The Morgan fingerprint density at radius 1 is 1.11 bits per heavy atom. The molecule has 6 rings (SSSR count). The van der Waals surface area contributed by atoms with Gasteiger partial charge < -0.3 is 9.47 Å². The third-order valence-electron chi connectivity index (χ3n) is 6.97. The van der Waals surface area contributed by atoms with Gasteiger partial charge in [0.2, 0.25) is 0 Å². The summed E-state index contributed by atoms with van der Waals surface area (Å²) in [5.74, 6) is 0.716. The maximum absolute atomic E-state index is 14.0. The molecule has 8 heteroatoms. The van der Waals surface area contributed by atoms with E-state index in [1.54, 1.807) is 6.20 Å². The molecule has 37 heavy (non-hydrogen) atoms. The number of imidazole rings is 1. The number of carbonyl (C=O) groups is 1. The molecule has 1 fully saturated rings. The summed E-state index contributed by atoms with van der Waals surface area (Å²) in [6.45, 7) is 4.05. The van der Waals surface area contributed by atoms with E-state index in [0.717, 1.165) is 47.9 Å². The summed E-state index contributed by atoms with van der Waals surface area (Å²) in [7, 11) is 0. The summed E-state index contributed by atoms with van der Waals surface area (Å²) in [4.78, 5) is 29.9. The van der Waals surface area contributed by atoms with Crippen LogP contribution in [0.3, 0.4) is 0 Å². The molecular weight excluding hydrogens is 462 g/mol. The third-order valence-corrected chi connectivity index (χ3v) is 6.97. The SMILES string of the molecule is CC1=CN=C(c2ccn(C[C@@H]3CCCN3C(=O)c3nc4n(c3-c3ccccn3)CC=CC=C4)n2)C=CC1. The second kappa shape index (κ2) is 9.97. The fourth-order valence-corrected chi connectivity index (χ4v) is 5.11. The largest absolute Gasteiger partial charge is 0.332 e. The first-order valence-corrected chi connectivity index (χ1v) is 12.8. The fourth-order valence-electron chi connectivity index (χ4n) is 5.11. The van der Waals surface area contributed by atoms with Crippen LogP contribution in [0.15, 0.2) is 83.8 Å². The number of fused-ring (bicyclic) bond motifs is 1. The molecule has 8 nitrogen and oxygen atoms in total. The third kappa shape index (κ3) is 4.62. The van der Waals surface area contributed by atoms with Gasteiger partial charge in [-0.2, -0.15) is 5.10 Å². The lowest BCUT2D eigenvalue weighted by molar-refractivity contribution is 0.0717. The first-order valence-electron chi connectivity index (χ1n) is 12.8. The Labute approximate surface area is 216 Å². The first kappa shape index (κ1) is 23.1. The Hall–Kier alpha value is -4.33. The van der Waals surface area contributed by atoms with Gasteiger partial charge in [-0.3, -0.25) is 19.5 Å². The van der Waals surface area contributed by atoms with Crippen LogP contribution in [0, 0.1) is 0 Å². The second-order valence-corrected chi connectivity index (χ2v) is 9.59. The molecule has 0 radical (unpaired) electrons. The number of pyridine rings is 1. The molecule has 0 bridgehead atoms. The van der Waals surface area contributed by atoms with Crippen LogP contribution in [0.5, 0.6) is 0 Å². The molecule has 1 atom stereocenters. The number of amides is 1. The number of allylic oxidation sites excluding steroid dienone is 6. The molecule has 0 aliphatic carbocycles. The van der Waals surface area contributed by atoms with Crippen molar-refractivity contribution in [2.75, 3.05) is 6.54 Å². The van der Waals surface area contributed by atoms with Gasteiger partial charge in [0.25, 0.3) is 5.91 Å². The lowest BCUT2D eigenvalue weighted by atomic mass is 10.1. The van der Waals surface area contributed by atoms with Crippen molar-refractivity contribution in [2.24, 2.45) is 4.99 Å². The van der Waals surface area contributed by atoms with Gasteiger partial charge in [0.15, 0.2) is 5.69 Å². The van der Waals surface area contributed by atoms with Crippen molar-refractivity contribution in [3.63, 3.8) is 0 Å². The Morgan fingerprint density at radius 3 is 2.95 bits per heavy atom. The molecule has 1 amide bonds. The highest BCUT2D eigenvalue weighted by molar-refractivity contribution is 6.07. The zero-order valence-electron chi connectivity index (χ0n) is 20.9.